The number of anilines is 2. The molecule has 2 N–H and O–H groups in total. The lowest BCUT2D eigenvalue weighted by Gasteiger charge is -2.29. The van der Waals surface area contributed by atoms with Gasteiger partial charge in [0.2, 0.25) is 23.5 Å². The maximum Gasteiger partial charge on any atom is 0.227 e. The molecule has 1 unspecified atom stereocenters. The van der Waals surface area contributed by atoms with Crippen LogP contribution in [-0.2, 0) is 22.7 Å². The van der Waals surface area contributed by atoms with Gasteiger partial charge in [0.25, 0.3) is 0 Å². The zero-order valence-corrected chi connectivity index (χ0v) is 31.7. The molecule has 0 bridgehead atoms. The van der Waals surface area contributed by atoms with E-state index >= 15 is 8.78 Å². The Bertz CT molecular complexity index is 2450. The molecule has 4 aromatic carbocycles. The van der Waals surface area contributed by atoms with Gasteiger partial charge >= 0.3 is 0 Å². The van der Waals surface area contributed by atoms with Gasteiger partial charge in [-0.05, 0) is 82.9 Å². The fraction of sp³-hybridized carbons (Fsp3) is 0.300. The van der Waals surface area contributed by atoms with Crippen molar-refractivity contribution < 1.29 is 41.7 Å². The van der Waals surface area contributed by atoms with Crippen molar-refractivity contribution in [3.05, 3.63) is 95.3 Å². The molecule has 0 radical (unpaired) electrons. The minimum absolute atomic E-state index is 0.0218. The normalized spacial score (nSPS) is 14.2. The van der Waals surface area contributed by atoms with E-state index in [-0.39, 0.29) is 79.4 Å². The maximum absolute atomic E-state index is 15.6. The third-order valence-electron chi connectivity index (χ3n) is 9.79. The van der Waals surface area contributed by atoms with E-state index in [1.54, 1.807) is 36.4 Å². The molecule has 59 heavy (non-hydrogen) atoms. The summed E-state index contributed by atoms with van der Waals surface area (Å²) in [5.41, 5.74) is 1.50. The molecule has 2 aliphatic rings. The molecule has 0 saturated carbocycles. The molecule has 0 fully saturated rings. The monoisotopic (exact) mass is 810 g/mol. The largest absolute Gasteiger partial charge is 0.486 e. The summed E-state index contributed by atoms with van der Waals surface area (Å²) in [6.45, 7) is 2.79. The van der Waals surface area contributed by atoms with Gasteiger partial charge in [0, 0.05) is 24.5 Å². The van der Waals surface area contributed by atoms with Gasteiger partial charge in [-0.2, -0.15) is 10.4 Å². The molecule has 6 aromatic rings. The summed E-state index contributed by atoms with van der Waals surface area (Å²) in [5, 5.41) is 27.3. The summed E-state index contributed by atoms with van der Waals surface area (Å²) in [7, 11) is 0. The first-order chi connectivity index (χ1) is 28.7. The number of amides is 2. The lowest BCUT2D eigenvalue weighted by molar-refractivity contribution is -0.120. The molecule has 1 atom stereocenters. The number of tetrazole rings is 2. The van der Waals surface area contributed by atoms with Crippen molar-refractivity contribution in [3.8, 4) is 45.8 Å². The van der Waals surface area contributed by atoms with Gasteiger partial charge < -0.3 is 28.7 Å². The van der Waals surface area contributed by atoms with Crippen LogP contribution < -0.4 is 28.7 Å². The number of nitrogens with zero attached hydrogens (tertiary/aromatic N) is 8. The third-order valence-corrected chi connectivity index (χ3v) is 9.79. The number of unbranched alkanes of at least 4 members (excludes halogenated alkanes) is 1. The SMILES string of the molecule is CCCCC(=O)N(Cc1ccc2c(c1)OCC(CCC(=O)N(Cc1ccc3c(c1)OCCO3)c1cc(-c3nn[nH]n3)ccc1F)O2)c1cc(-c2nn[nH]n2)c(F)cc1F. The lowest BCUT2D eigenvalue weighted by atomic mass is 10.1. The molecule has 8 rings (SSSR count). The van der Waals surface area contributed by atoms with Crippen LogP contribution in [0.5, 0.6) is 23.0 Å². The first kappa shape index (κ1) is 38.8. The van der Waals surface area contributed by atoms with Crippen LogP contribution in [0, 0.1) is 17.5 Å². The average Bonchev–Trinajstić information content (AvgIpc) is 4.00. The minimum Gasteiger partial charge on any atom is -0.486 e. The summed E-state index contributed by atoms with van der Waals surface area (Å²) < 4.78 is 69.4. The van der Waals surface area contributed by atoms with Crippen molar-refractivity contribution in [3.63, 3.8) is 0 Å². The van der Waals surface area contributed by atoms with E-state index in [2.05, 4.69) is 41.2 Å². The van der Waals surface area contributed by atoms with Crippen LogP contribution >= 0.6 is 0 Å². The molecule has 304 valence electrons. The summed E-state index contributed by atoms with van der Waals surface area (Å²) in [6, 6.07) is 16.5. The number of hydrogen-bond donors (Lipinski definition) is 2. The lowest BCUT2D eigenvalue weighted by Crippen LogP contribution is -2.34. The Morgan fingerprint density at radius 1 is 0.695 bits per heavy atom. The number of fused-ring (bicyclic) bond motifs is 2. The number of halogens is 3. The number of ether oxygens (including phenoxy) is 4. The number of nitrogens with one attached hydrogen (secondary N) is 2. The first-order valence-corrected chi connectivity index (χ1v) is 18.9. The quantitative estimate of drug-likeness (QED) is 0.129. The smallest absolute Gasteiger partial charge is 0.227 e. The predicted octanol–water partition coefficient (Wildman–Crippen LogP) is 6.11. The number of hydrogen-bond acceptors (Lipinski definition) is 12. The van der Waals surface area contributed by atoms with Crippen molar-refractivity contribution in [1.82, 2.24) is 41.2 Å². The Kier molecular flexibility index (Phi) is 11.3. The molecule has 0 aliphatic carbocycles. The third kappa shape index (κ3) is 8.63. The second kappa shape index (κ2) is 17.2. The molecular formula is C40H37F3N10O6. The zero-order chi connectivity index (χ0) is 40.9. The van der Waals surface area contributed by atoms with Crippen molar-refractivity contribution in [2.45, 2.75) is 58.2 Å². The fourth-order valence-corrected chi connectivity index (χ4v) is 6.78. The number of H-pyrrole nitrogens is 2. The van der Waals surface area contributed by atoms with Gasteiger partial charge in [-0.3, -0.25) is 9.59 Å². The summed E-state index contributed by atoms with van der Waals surface area (Å²) in [5.74, 6) is -1.14. The van der Waals surface area contributed by atoms with E-state index in [1.165, 1.54) is 34.1 Å². The molecule has 2 amide bonds. The number of aromatic nitrogens is 8. The van der Waals surface area contributed by atoms with Gasteiger partial charge in [-0.15, -0.1) is 20.4 Å². The summed E-state index contributed by atoms with van der Waals surface area (Å²) >= 11 is 0. The standard InChI is InChI=1S/C40H37F3N10O6/c1-2-3-4-37(54)53(32-18-27(29(42)19-30(32)43)40-46-50-51-47-40)21-24-6-11-34-36(16-24)58-22-26(59-34)8-12-38(55)52(20-23-5-10-33-35(15-23)57-14-13-56-33)31-17-25(7-9-28(31)41)39-44-48-49-45-39/h5-7,9-11,15-19,26H,2-4,8,12-14,20-22H2,1H3,(H,44,45,48,49)(H,46,47,50,51). The van der Waals surface area contributed by atoms with Gasteiger partial charge in [0.05, 0.1) is 30.0 Å². The molecule has 19 heteroatoms. The van der Waals surface area contributed by atoms with E-state index < -0.39 is 23.6 Å². The van der Waals surface area contributed by atoms with Gasteiger partial charge in [-0.25, -0.2) is 13.2 Å². The number of carbonyl (C=O) groups excluding carboxylic acids is 2. The highest BCUT2D eigenvalue weighted by Gasteiger charge is 2.28. The Morgan fingerprint density at radius 3 is 2.03 bits per heavy atom. The second-order valence-electron chi connectivity index (χ2n) is 13.8. The van der Waals surface area contributed by atoms with E-state index in [4.69, 9.17) is 18.9 Å². The highest BCUT2D eigenvalue weighted by molar-refractivity contribution is 5.95. The number of carbonyl (C=O) groups is 2. The predicted molar refractivity (Wildman–Crippen MR) is 204 cm³/mol. The van der Waals surface area contributed by atoms with Gasteiger partial charge in [0.15, 0.2) is 23.0 Å². The highest BCUT2D eigenvalue weighted by atomic mass is 19.1. The second-order valence-corrected chi connectivity index (χ2v) is 13.8. The van der Waals surface area contributed by atoms with Crippen LogP contribution in [0.3, 0.4) is 0 Å². The Balaban J connectivity index is 0.982. The molecule has 2 aliphatic heterocycles. The van der Waals surface area contributed by atoms with Crippen LogP contribution in [0.2, 0.25) is 0 Å². The van der Waals surface area contributed by atoms with E-state index in [1.807, 2.05) is 6.92 Å². The summed E-state index contributed by atoms with van der Waals surface area (Å²) in [6.07, 6.45) is 1.12. The Labute approximate surface area is 334 Å². The summed E-state index contributed by atoms with van der Waals surface area (Å²) in [4.78, 5) is 30.1. The number of aromatic amines is 2. The average molecular weight is 811 g/mol. The van der Waals surface area contributed by atoms with Crippen LogP contribution in [0.15, 0.2) is 66.7 Å². The molecular weight excluding hydrogens is 773 g/mol. The van der Waals surface area contributed by atoms with Gasteiger partial charge in [-0.1, -0.05) is 25.5 Å². The first-order valence-electron chi connectivity index (χ1n) is 18.9. The van der Waals surface area contributed by atoms with Crippen molar-refractivity contribution >= 4 is 23.2 Å². The maximum atomic E-state index is 15.6. The topological polar surface area (TPSA) is 186 Å². The van der Waals surface area contributed by atoms with E-state index in [0.717, 1.165) is 6.42 Å². The van der Waals surface area contributed by atoms with E-state index in [0.29, 0.717) is 65.4 Å². The van der Waals surface area contributed by atoms with Crippen molar-refractivity contribution in [2.75, 3.05) is 29.6 Å². The zero-order valence-electron chi connectivity index (χ0n) is 31.7. The van der Waals surface area contributed by atoms with Crippen molar-refractivity contribution in [2.24, 2.45) is 0 Å². The van der Waals surface area contributed by atoms with Crippen molar-refractivity contribution in [1.29, 1.82) is 0 Å². The van der Waals surface area contributed by atoms with E-state index in [9.17, 15) is 14.0 Å². The van der Waals surface area contributed by atoms with Crippen LogP contribution in [-0.4, -0.2) is 79.0 Å². The highest BCUT2D eigenvalue weighted by Crippen LogP contribution is 2.37. The van der Waals surface area contributed by atoms with Crippen LogP contribution in [0.1, 0.15) is 50.2 Å². The number of rotatable bonds is 14. The van der Waals surface area contributed by atoms with Gasteiger partial charge in [0.1, 0.15) is 43.4 Å². The fourth-order valence-electron chi connectivity index (χ4n) is 6.78. The molecule has 16 nitrogen and oxygen atoms in total. The Morgan fingerprint density at radius 2 is 1.34 bits per heavy atom. The molecule has 0 saturated heterocycles. The Hall–Kier alpha value is -7.05. The van der Waals surface area contributed by atoms with Crippen LogP contribution in [0.4, 0.5) is 24.5 Å². The minimum atomic E-state index is -0.929. The molecule has 0 spiro atoms. The van der Waals surface area contributed by atoms with Crippen LogP contribution in [0.25, 0.3) is 22.8 Å². The number of benzene rings is 4. The molecule has 4 heterocycles. The molecule has 2 aromatic heterocycles.